The molecule has 3 nitrogen and oxygen atoms in total. The van der Waals surface area contributed by atoms with Gasteiger partial charge in [-0.1, -0.05) is 42.5 Å². The van der Waals surface area contributed by atoms with Crippen LogP contribution in [0.2, 0.25) is 0 Å². The van der Waals surface area contributed by atoms with Crippen LogP contribution in [0.1, 0.15) is 5.56 Å². The van der Waals surface area contributed by atoms with Gasteiger partial charge in [0.15, 0.2) is 0 Å². The van der Waals surface area contributed by atoms with Gasteiger partial charge in [0, 0.05) is 0 Å². The van der Waals surface area contributed by atoms with Crippen LogP contribution in [0.25, 0.3) is 0 Å². The molecule has 0 aliphatic heterocycles. The van der Waals surface area contributed by atoms with Gasteiger partial charge in [0.05, 0.1) is 17.1 Å². The minimum atomic E-state index is -3.61. The molecule has 0 fully saturated rings. The third kappa shape index (κ3) is 3.43. The van der Waals surface area contributed by atoms with Crippen LogP contribution in [0.4, 0.5) is 5.69 Å². The van der Waals surface area contributed by atoms with Crippen molar-refractivity contribution in [1.29, 1.82) is 0 Å². The van der Waals surface area contributed by atoms with Gasteiger partial charge >= 0.3 is 0 Å². The molecule has 0 atom stereocenters. The summed E-state index contributed by atoms with van der Waals surface area (Å²) in [7, 11) is -3.61. The molecule has 108 valence electrons. The average Bonchev–Trinajstić information content (AvgIpc) is 2.49. The Labute approximate surface area is 125 Å². The van der Waals surface area contributed by atoms with E-state index in [2.05, 4.69) is 12.3 Å². The topological polar surface area (TPSA) is 37.4 Å². The van der Waals surface area contributed by atoms with E-state index in [0.29, 0.717) is 5.69 Å². The number of hydrogen-bond donors (Lipinski definition) is 0. The van der Waals surface area contributed by atoms with Crippen molar-refractivity contribution in [2.45, 2.75) is 11.8 Å². The van der Waals surface area contributed by atoms with Crippen molar-refractivity contribution in [1.82, 2.24) is 0 Å². The molecule has 0 aliphatic rings. The predicted octanol–water partition coefficient (Wildman–Crippen LogP) is 3.53. The van der Waals surface area contributed by atoms with E-state index >= 15 is 0 Å². The largest absolute Gasteiger partial charge is 0.264 e. The van der Waals surface area contributed by atoms with E-state index in [4.69, 9.17) is 0 Å². The Morgan fingerprint density at radius 3 is 2.29 bits per heavy atom. The lowest BCUT2D eigenvalue weighted by molar-refractivity contribution is 0.593. The maximum absolute atomic E-state index is 12.8. The van der Waals surface area contributed by atoms with Gasteiger partial charge in [0.1, 0.15) is 0 Å². The van der Waals surface area contributed by atoms with Crippen LogP contribution in [0.5, 0.6) is 0 Å². The van der Waals surface area contributed by atoms with Gasteiger partial charge in [-0.15, -0.1) is 5.73 Å². The lowest BCUT2D eigenvalue weighted by atomic mass is 10.2. The van der Waals surface area contributed by atoms with Gasteiger partial charge in [-0.2, -0.15) is 0 Å². The fraction of sp³-hybridized carbons (Fsp3) is 0.118. The van der Waals surface area contributed by atoms with Crippen molar-refractivity contribution < 1.29 is 8.42 Å². The summed E-state index contributed by atoms with van der Waals surface area (Å²) in [5, 5.41) is 0. The van der Waals surface area contributed by atoms with E-state index in [9.17, 15) is 8.42 Å². The Hall–Kier alpha value is -2.29. The van der Waals surface area contributed by atoms with Crippen LogP contribution in [-0.2, 0) is 10.0 Å². The van der Waals surface area contributed by atoms with E-state index in [0.717, 1.165) is 5.56 Å². The van der Waals surface area contributed by atoms with Gasteiger partial charge in [-0.3, -0.25) is 4.31 Å². The highest BCUT2D eigenvalue weighted by Crippen LogP contribution is 2.23. The highest BCUT2D eigenvalue weighted by Gasteiger charge is 2.23. The van der Waals surface area contributed by atoms with Crippen LogP contribution in [0.3, 0.4) is 0 Å². The summed E-state index contributed by atoms with van der Waals surface area (Å²) in [6.45, 7) is 5.61. The number of rotatable bonds is 5. The standard InChI is InChI=1S/C17H17NO2S/c1-3-4-14-18(16-8-6-5-7-9-16)21(19,20)17-12-10-15(2)11-13-17/h4-13H,1,14H2,2H3. The van der Waals surface area contributed by atoms with Gasteiger partial charge in [-0.25, -0.2) is 8.42 Å². The molecule has 0 unspecified atom stereocenters. The second-order valence-electron chi connectivity index (χ2n) is 4.59. The number of para-hydroxylation sites is 1. The highest BCUT2D eigenvalue weighted by atomic mass is 32.2. The summed E-state index contributed by atoms with van der Waals surface area (Å²) in [5.41, 5.74) is 4.25. The highest BCUT2D eigenvalue weighted by molar-refractivity contribution is 7.92. The second-order valence-corrected chi connectivity index (χ2v) is 6.46. The number of sulfonamides is 1. The fourth-order valence-corrected chi connectivity index (χ4v) is 3.33. The third-order valence-electron chi connectivity index (χ3n) is 3.05. The Bertz CT molecular complexity index is 743. The first-order valence-electron chi connectivity index (χ1n) is 6.54. The molecule has 0 saturated carbocycles. The van der Waals surface area contributed by atoms with Crippen molar-refractivity contribution in [3.63, 3.8) is 0 Å². The average molecular weight is 299 g/mol. The smallest absolute Gasteiger partial charge is 0.262 e. The number of benzene rings is 2. The van der Waals surface area contributed by atoms with E-state index in [-0.39, 0.29) is 11.4 Å². The normalized spacial score (nSPS) is 10.7. The summed E-state index contributed by atoms with van der Waals surface area (Å²) in [4.78, 5) is 0.273. The van der Waals surface area contributed by atoms with Gasteiger partial charge in [0.2, 0.25) is 0 Å². The Balaban J connectivity index is 2.49. The lowest BCUT2D eigenvalue weighted by Gasteiger charge is -2.23. The summed E-state index contributed by atoms with van der Waals surface area (Å²) in [6.07, 6.45) is 1.60. The van der Waals surface area contributed by atoms with Crippen molar-refractivity contribution >= 4 is 15.7 Å². The molecule has 0 bridgehead atoms. The van der Waals surface area contributed by atoms with E-state index in [1.54, 1.807) is 42.5 Å². The zero-order valence-corrected chi connectivity index (χ0v) is 12.7. The van der Waals surface area contributed by atoms with Crippen LogP contribution in [0.15, 0.2) is 77.9 Å². The van der Waals surface area contributed by atoms with Crippen molar-refractivity contribution in [2.24, 2.45) is 0 Å². The minimum absolute atomic E-state index is 0.198. The molecule has 0 N–H and O–H groups in total. The van der Waals surface area contributed by atoms with E-state index < -0.39 is 10.0 Å². The SMILES string of the molecule is C=C=CCN(c1ccccc1)S(=O)(=O)c1ccc(C)cc1. The summed E-state index contributed by atoms with van der Waals surface area (Å²) >= 11 is 0. The molecule has 0 saturated heterocycles. The summed E-state index contributed by atoms with van der Waals surface area (Å²) in [5.74, 6) is 0. The van der Waals surface area contributed by atoms with Gasteiger partial charge < -0.3 is 0 Å². The van der Waals surface area contributed by atoms with E-state index in [1.165, 1.54) is 4.31 Å². The van der Waals surface area contributed by atoms with Crippen LogP contribution >= 0.6 is 0 Å². The quantitative estimate of drug-likeness (QED) is 0.792. The first kappa shape index (κ1) is 15.1. The first-order chi connectivity index (χ1) is 10.1. The van der Waals surface area contributed by atoms with Crippen LogP contribution < -0.4 is 4.31 Å². The molecule has 4 heteroatoms. The molecule has 0 amide bonds. The fourth-order valence-electron chi connectivity index (χ4n) is 1.92. The van der Waals surface area contributed by atoms with Gasteiger partial charge in [-0.05, 0) is 37.3 Å². The van der Waals surface area contributed by atoms with Crippen LogP contribution in [0, 0.1) is 6.92 Å². The number of hydrogen-bond acceptors (Lipinski definition) is 2. The predicted molar refractivity (Wildman–Crippen MR) is 85.9 cm³/mol. The summed E-state index contributed by atoms with van der Waals surface area (Å²) in [6, 6.07) is 15.8. The van der Waals surface area contributed by atoms with Crippen molar-refractivity contribution in [3.05, 3.63) is 78.5 Å². The summed E-state index contributed by atoms with van der Waals surface area (Å²) < 4.78 is 27.0. The van der Waals surface area contributed by atoms with Crippen molar-refractivity contribution in [2.75, 3.05) is 10.8 Å². The molecule has 0 aromatic heterocycles. The Morgan fingerprint density at radius 2 is 1.71 bits per heavy atom. The third-order valence-corrected chi connectivity index (χ3v) is 4.86. The second kappa shape index (κ2) is 6.44. The van der Waals surface area contributed by atoms with Crippen LogP contribution in [-0.4, -0.2) is 15.0 Å². The molecule has 0 heterocycles. The molecule has 2 rings (SSSR count). The molecule has 2 aromatic rings. The molecular formula is C17H17NO2S. The zero-order chi connectivity index (χ0) is 15.3. The first-order valence-corrected chi connectivity index (χ1v) is 7.98. The molecule has 0 spiro atoms. The Kier molecular flexibility index (Phi) is 4.63. The monoisotopic (exact) mass is 299 g/mol. The maximum Gasteiger partial charge on any atom is 0.264 e. The number of aryl methyl sites for hydroxylation is 1. The molecular weight excluding hydrogens is 282 g/mol. The number of nitrogens with zero attached hydrogens (tertiary/aromatic N) is 1. The Morgan fingerprint density at radius 1 is 1.10 bits per heavy atom. The van der Waals surface area contributed by atoms with Gasteiger partial charge in [0.25, 0.3) is 10.0 Å². The molecule has 0 radical (unpaired) electrons. The lowest BCUT2D eigenvalue weighted by Crippen LogP contribution is -2.31. The maximum atomic E-state index is 12.8. The van der Waals surface area contributed by atoms with Crippen molar-refractivity contribution in [3.8, 4) is 0 Å². The molecule has 2 aromatic carbocycles. The van der Waals surface area contributed by atoms with E-state index in [1.807, 2.05) is 25.1 Å². The minimum Gasteiger partial charge on any atom is -0.262 e. The molecule has 0 aliphatic carbocycles. The zero-order valence-electron chi connectivity index (χ0n) is 11.9. The number of anilines is 1. The molecule has 21 heavy (non-hydrogen) atoms.